The fourth-order valence-corrected chi connectivity index (χ4v) is 1.63. The molecule has 0 saturated heterocycles. The Morgan fingerprint density at radius 2 is 2.06 bits per heavy atom. The van der Waals surface area contributed by atoms with Gasteiger partial charge in [0, 0.05) is 17.8 Å². The molecule has 17 heavy (non-hydrogen) atoms. The van der Waals surface area contributed by atoms with Gasteiger partial charge in [-0.1, -0.05) is 18.2 Å². The summed E-state index contributed by atoms with van der Waals surface area (Å²) in [7, 11) is 0. The SMILES string of the molecule is CC(C)(CCO)NC(=O)Cc1ccccc1N. The lowest BCUT2D eigenvalue weighted by molar-refractivity contribution is -0.122. The lowest BCUT2D eigenvalue weighted by atomic mass is 10.0. The van der Waals surface area contributed by atoms with Crippen LogP contribution in [0.15, 0.2) is 24.3 Å². The topological polar surface area (TPSA) is 75.3 Å². The van der Waals surface area contributed by atoms with E-state index in [4.69, 9.17) is 10.8 Å². The molecule has 0 atom stereocenters. The van der Waals surface area contributed by atoms with E-state index in [1.165, 1.54) is 0 Å². The van der Waals surface area contributed by atoms with Crippen LogP contribution < -0.4 is 11.1 Å². The standard InChI is InChI=1S/C13H20N2O2/c1-13(2,7-8-16)15-12(17)9-10-5-3-4-6-11(10)14/h3-6,16H,7-9,14H2,1-2H3,(H,15,17). The van der Waals surface area contributed by atoms with Gasteiger partial charge in [0.25, 0.3) is 0 Å². The molecule has 1 amide bonds. The van der Waals surface area contributed by atoms with Gasteiger partial charge in [-0.25, -0.2) is 0 Å². The third kappa shape index (κ3) is 4.44. The van der Waals surface area contributed by atoms with E-state index >= 15 is 0 Å². The van der Waals surface area contributed by atoms with Crippen molar-refractivity contribution in [3.63, 3.8) is 0 Å². The number of aliphatic hydroxyl groups excluding tert-OH is 1. The largest absolute Gasteiger partial charge is 0.398 e. The van der Waals surface area contributed by atoms with Crippen LogP contribution in [0.5, 0.6) is 0 Å². The summed E-state index contributed by atoms with van der Waals surface area (Å²) in [5, 5.41) is 11.8. The molecule has 1 aromatic rings. The Morgan fingerprint density at radius 1 is 1.41 bits per heavy atom. The van der Waals surface area contributed by atoms with E-state index in [9.17, 15) is 4.79 Å². The third-order valence-electron chi connectivity index (χ3n) is 2.62. The summed E-state index contributed by atoms with van der Waals surface area (Å²) in [5.41, 5.74) is 6.83. The second-order valence-corrected chi connectivity index (χ2v) is 4.78. The van der Waals surface area contributed by atoms with E-state index in [2.05, 4.69) is 5.32 Å². The maximum Gasteiger partial charge on any atom is 0.224 e. The molecule has 0 aliphatic rings. The smallest absolute Gasteiger partial charge is 0.224 e. The Morgan fingerprint density at radius 3 is 2.65 bits per heavy atom. The van der Waals surface area contributed by atoms with E-state index in [0.29, 0.717) is 12.1 Å². The van der Waals surface area contributed by atoms with Crippen molar-refractivity contribution in [1.82, 2.24) is 5.32 Å². The third-order valence-corrected chi connectivity index (χ3v) is 2.62. The number of hydrogen-bond donors (Lipinski definition) is 3. The number of carbonyl (C=O) groups is 1. The molecule has 1 rings (SSSR count). The minimum Gasteiger partial charge on any atom is -0.398 e. The zero-order valence-corrected chi connectivity index (χ0v) is 10.4. The number of nitrogens with two attached hydrogens (primary N) is 1. The van der Waals surface area contributed by atoms with Crippen molar-refractivity contribution < 1.29 is 9.90 Å². The molecule has 0 aromatic heterocycles. The summed E-state index contributed by atoms with van der Waals surface area (Å²) in [4.78, 5) is 11.8. The van der Waals surface area contributed by atoms with Gasteiger partial charge in [0.15, 0.2) is 0 Å². The molecule has 0 aliphatic heterocycles. The Hall–Kier alpha value is -1.55. The summed E-state index contributed by atoms with van der Waals surface area (Å²) in [5.74, 6) is -0.0821. The van der Waals surface area contributed by atoms with E-state index in [0.717, 1.165) is 5.56 Å². The molecule has 0 saturated carbocycles. The molecule has 1 aromatic carbocycles. The molecule has 0 spiro atoms. The highest BCUT2D eigenvalue weighted by molar-refractivity contribution is 5.80. The van der Waals surface area contributed by atoms with E-state index in [1.807, 2.05) is 32.0 Å². The van der Waals surface area contributed by atoms with Crippen LogP contribution in [-0.2, 0) is 11.2 Å². The minimum absolute atomic E-state index is 0.0563. The summed E-state index contributed by atoms with van der Waals surface area (Å²) < 4.78 is 0. The summed E-state index contributed by atoms with van der Waals surface area (Å²) >= 11 is 0. The van der Waals surface area contributed by atoms with Crippen molar-refractivity contribution in [3.8, 4) is 0 Å². The molecule has 4 nitrogen and oxygen atoms in total. The van der Waals surface area contributed by atoms with Gasteiger partial charge in [-0.3, -0.25) is 4.79 Å². The predicted octanol–water partition coefficient (Wildman–Crippen LogP) is 1.09. The molecule has 0 bridgehead atoms. The van der Waals surface area contributed by atoms with E-state index in [1.54, 1.807) is 6.07 Å². The fourth-order valence-electron chi connectivity index (χ4n) is 1.63. The van der Waals surface area contributed by atoms with Gasteiger partial charge in [-0.2, -0.15) is 0 Å². The number of carbonyl (C=O) groups excluding carboxylic acids is 1. The lowest BCUT2D eigenvalue weighted by Gasteiger charge is -2.25. The van der Waals surface area contributed by atoms with E-state index in [-0.39, 0.29) is 18.9 Å². The fraction of sp³-hybridized carbons (Fsp3) is 0.462. The van der Waals surface area contributed by atoms with Crippen molar-refractivity contribution in [2.24, 2.45) is 0 Å². The van der Waals surface area contributed by atoms with Crippen LogP contribution in [0.1, 0.15) is 25.8 Å². The van der Waals surface area contributed by atoms with Gasteiger partial charge in [0.2, 0.25) is 5.91 Å². The molecule has 0 unspecified atom stereocenters. The van der Waals surface area contributed by atoms with Crippen molar-refractivity contribution in [2.45, 2.75) is 32.2 Å². The molecule has 0 radical (unpaired) electrons. The number of aliphatic hydroxyl groups is 1. The number of benzene rings is 1. The first-order valence-electron chi connectivity index (χ1n) is 5.70. The molecule has 4 N–H and O–H groups in total. The normalized spacial score (nSPS) is 11.2. The highest BCUT2D eigenvalue weighted by Crippen LogP contribution is 2.13. The Bertz CT molecular complexity index is 389. The van der Waals surface area contributed by atoms with Crippen LogP contribution in [0.2, 0.25) is 0 Å². The highest BCUT2D eigenvalue weighted by atomic mass is 16.3. The maximum absolute atomic E-state index is 11.8. The maximum atomic E-state index is 11.8. The van der Waals surface area contributed by atoms with Crippen molar-refractivity contribution in [2.75, 3.05) is 12.3 Å². The predicted molar refractivity (Wildman–Crippen MR) is 68.5 cm³/mol. The van der Waals surface area contributed by atoms with Crippen LogP contribution in [0.3, 0.4) is 0 Å². The number of para-hydroxylation sites is 1. The van der Waals surface area contributed by atoms with Crippen molar-refractivity contribution in [3.05, 3.63) is 29.8 Å². The molecule has 0 fully saturated rings. The number of nitrogens with one attached hydrogen (secondary N) is 1. The first kappa shape index (κ1) is 13.5. The van der Waals surface area contributed by atoms with Crippen molar-refractivity contribution >= 4 is 11.6 Å². The molecule has 4 heteroatoms. The molecular weight excluding hydrogens is 216 g/mol. The number of nitrogen functional groups attached to an aromatic ring is 1. The average molecular weight is 236 g/mol. The van der Waals surface area contributed by atoms with Crippen LogP contribution in [-0.4, -0.2) is 23.2 Å². The number of hydrogen-bond acceptors (Lipinski definition) is 3. The van der Waals surface area contributed by atoms with Crippen LogP contribution in [0.25, 0.3) is 0 Å². The van der Waals surface area contributed by atoms with Gasteiger partial charge >= 0.3 is 0 Å². The zero-order valence-electron chi connectivity index (χ0n) is 10.4. The number of amides is 1. The minimum atomic E-state index is -0.393. The number of rotatable bonds is 5. The van der Waals surface area contributed by atoms with Gasteiger partial charge in [0.1, 0.15) is 0 Å². The van der Waals surface area contributed by atoms with Gasteiger partial charge in [0.05, 0.1) is 6.42 Å². The van der Waals surface area contributed by atoms with Gasteiger partial charge in [-0.05, 0) is 31.9 Å². The first-order valence-corrected chi connectivity index (χ1v) is 5.70. The van der Waals surface area contributed by atoms with Crippen LogP contribution in [0.4, 0.5) is 5.69 Å². The molecule has 94 valence electrons. The lowest BCUT2D eigenvalue weighted by Crippen LogP contribution is -2.44. The first-order chi connectivity index (χ1) is 7.94. The van der Waals surface area contributed by atoms with Crippen molar-refractivity contribution in [1.29, 1.82) is 0 Å². The van der Waals surface area contributed by atoms with E-state index < -0.39 is 5.54 Å². The summed E-state index contributed by atoms with van der Waals surface area (Å²) in [6, 6.07) is 7.32. The van der Waals surface area contributed by atoms with Gasteiger partial charge in [-0.15, -0.1) is 0 Å². The second-order valence-electron chi connectivity index (χ2n) is 4.78. The quantitative estimate of drug-likeness (QED) is 0.670. The molecule has 0 aliphatic carbocycles. The monoisotopic (exact) mass is 236 g/mol. The number of anilines is 1. The van der Waals surface area contributed by atoms with Crippen LogP contribution in [0, 0.1) is 0 Å². The summed E-state index contributed by atoms with van der Waals surface area (Å²) in [6.07, 6.45) is 0.796. The zero-order chi connectivity index (χ0) is 12.9. The Balaban J connectivity index is 2.59. The molecular formula is C13H20N2O2. The van der Waals surface area contributed by atoms with Crippen LogP contribution >= 0.6 is 0 Å². The summed E-state index contributed by atoms with van der Waals surface area (Å²) in [6.45, 7) is 3.83. The average Bonchev–Trinajstić information content (AvgIpc) is 2.20. The highest BCUT2D eigenvalue weighted by Gasteiger charge is 2.19. The van der Waals surface area contributed by atoms with Gasteiger partial charge < -0.3 is 16.2 Å². The second kappa shape index (κ2) is 5.68. The Kier molecular flexibility index (Phi) is 4.52. The Labute approximate surface area is 102 Å². The molecule has 0 heterocycles.